The van der Waals surface area contributed by atoms with Gasteiger partial charge in [0.05, 0.1) is 16.6 Å². The first-order chi connectivity index (χ1) is 12.0. The molecule has 1 N–H and O–H groups in total. The van der Waals surface area contributed by atoms with Gasteiger partial charge in [0.1, 0.15) is 5.82 Å². The molecule has 8 heteroatoms. The molecule has 0 bridgehead atoms. The van der Waals surface area contributed by atoms with Crippen molar-refractivity contribution >= 4 is 39.1 Å². The number of aromatic nitrogens is 4. The summed E-state index contributed by atoms with van der Waals surface area (Å²) in [6, 6.07) is 12.8. The van der Waals surface area contributed by atoms with Crippen molar-refractivity contribution in [2.75, 3.05) is 0 Å². The molecule has 2 aromatic heterocycles. The predicted molar refractivity (Wildman–Crippen MR) is 100 cm³/mol. The van der Waals surface area contributed by atoms with E-state index in [9.17, 15) is 4.79 Å². The minimum absolute atomic E-state index is 0.135. The highest BCUT2D eigenvalue weighted by Gasteiger charge is 2.12. The lowest BCUT2D eigenvalue weighted by Gasteiger charge is -2.11. The molecular weight excluding hydrogens is 404 g/mol. The second-order valence-electron chi connectivity index (χ2n) is 5.43. The first-order valence-electron chi connectivity index (χ1n) is 7.38. The summed E-state index contributed by atoms with van der Waals surface area (Å²) in [4.78, 5) is 17.7. The highest BCUT2D eigenvalue weighted by molar-refractivity contribution is 9.10. The molecule has 2 heterocycles. The SMILES string of the molecule is Cc1nc2ccc(Br)cc2c(=O)n1-c1cccc(-c2n[nH]c(=S)o2)c1. The molecule has 0 aliphatic heterocycles. The highest BCUT2D eigenvalue weighted by Crippen LogP contribution is 2.22. The molecule has 4 aromatic rings. The van der Waals surface area contributed by atoms with Gasteiger partial charge in [-0.1, -0.05) is 22.0 Å². The van der Waals surface area contributed by atoms with Crippen molar-refractivity contribution in [3.8, 4) is 17.1 Å². The second kappa shape index (κ2) is 6.05. The number of aryl methyl sites for hydroxylation is 1. The van der Waals surface area contributed by atoms with E-state index in [2.05, 4.69) is 31.1 Å². The molecule has 0 aliphatic rings. The van der Waals surface area contributed by atoms with Crippen LogP contribution in [0.1, 0.15) is 5.82 Å². The Morgan fingerprint density at radius 1 is 1.24 bits per heavy atom. The summed E-state index contributed by atoms with van der Waals surface area (Å²) in [5.41, 5.74) is 1.92. The zero-order valence-corrected chi connectivity index (χ0v) is 15.4. The zero-order valence-electron chi connectivity index (χ0n) is 13.0. The van der Waals surface area contributed by atoms with Crippen molar-refractivity contribution in [1.29, 1.82) is 0 Å². The van der Waals surface area contributed by atoms with E-state index in [1.165, 1.54) is 0 Å². The number of H-pyrrole nitrogens is 1. The molecule has 25 heavy (non-hydrogen) atoms. The summed E-state index contributed by atoms with van der Waals surface area (Å²) in [7, 11) is 0. The third kappa shape index (κ3) is 2.83. The number of nitrogens with zero attached hydrogens (tertiary/aromatic N) is 3. The number of nitrogens with one attached hydrogen (secondary N) is 1. The van der Waals surface area contributed by atoms with Crippen molar-refractivity contribution in [3.05, 3.63) is 68.0 Å². The van der Waals surface area contributed by atoms with Crippen LogP contribution in [-0.4, -0.2) is 19.7 Å². The van der Waals surface area contributed by atoms with E-state index in [1.54, 1.807) is 17.6 Å². The Hall–Kier alpha value is -2.58. The van der Waals surface area contributed by atoms with E-state index in [1.807, 2.05) is 36.4 Å². The van der Waals surface area contributed by atoms with Crippen LogP contribution < -0.4 is 5.56 Å². The lowest BCUT2D eigenvalue weighted by molar-refractivity contribution is 0.552. The number of hydrogen-bond donors (Lipinski definition) is 1. The van der Waals surface area contributed by atoms with Crippen LogP contribution in [0.5, 0.6) is 0 Å². The van der Waals surface area contributed by atoms with Crippen molar-refractivity contribution in [1.82, 2.24) is 19.7 Å². The number of halogens is 1. The van der Waals surface area contributed by atoms with Gasteiger partial charge < -0.3 is 4.42 Å². The largest absolute Gasteiger partial charge is 0.409 e. The average Bonchev–Trinajstić information content (AvgIpc) is 3.03. The van der Waals surface area contributed by atoms with E-state index in [0.717, 1.165) is 4.47 Å². The Bertz CT molecular complexity index is 1230. The molecule has 0 fully saturated rings. The highest BCUT2D eigenvalue weighted by atomic mass is 79.9. The van der Waals surface area contributed by atoms with Crippen LogP contribution in [0.2, 0.25) is 0 Å². The Morgan fingerprint density at radius 3 is 2.84 bits per heavy atom. The first kappa shape index (κ1) is 15.9. The van der Waals surface area contributed by atoms with Crippen LogP contribution in [0, 0.1) is 11.8 Å². The maximum atomic E-state index is 13.0. The van der Waals surface area contributed by atoms with Crippen molar-refractivity contribution in [2.24, 2.45) is 0 Å². The summed E-state index contributed by atoms with van der Waals surface area (Å²) < 4.78 is 7.74. The number of rotatable bonds is 2. The fraction of sp³-hybridized carbons (Fsp3) is 0.0588. The van der Waals surface area contributed by atoms with Crippen molar-refractivity contribution < 1.29 is 4.42 Å². The van der Waals surface area contributed by atoms with Crippen LogP contribution >= 0.6 is 28.1 Å². The van der Waals surface area contributed by atoms with Crippen LogP contribution in [0.3, 0.4) is 0 Å². The van der Waals surface area contributed by atoms with E-state index >= 15 is 0 Å². The molecule has 0 radical (unpaired) electrons. The van der Waals surface area contributed by atoms with Gasteiger partial charge in [-0.15, -0.1) is 5.10 Å². The smallest absolute Gasteiger partial charge is 0.284 e. The summed E-state index contributed by atoms with van der Waals surface area (Å²) in [6.45, 7) is 1.80. The number of hydrogen-bond acceptors (Lipinski definition) is 5. The Kier molecular flexibility index (Phi) is 3.85. The molecule has 0 amide bonds. The van der Waals surface area contributed by atoms with Gasteiger partial charge in [0.2, 0.25) is 5.89 Å². The Morgan fingerprint density at radius 2 is 2.08 bits per heavy atom. The van der Waals surface area contributed by atoms with Crippen LogP contribution in [-0.2, 0) is 0 Å². The molecule has 124 valence electrons. The van der Waals surface area contributed by atoms with Crippen LogP contribution in [0.4, 0.5) is 0 Å². The quantitative estimate of drug-likeness (QED) is 0.498. The van der Waals surface area contributed by atoms with E-state index in [-0.39, 0.29) is 10.4 Å². The molecule has 2 aromatic carbocycles. The Labute approximate surface area is 155 Å². The summed E-state index contributed by atoms with van der Waals surface area (Å²) in [5.74, 6) is 0.967. The van der Waals surface area contributed by atoms with Gasteiger partial charge in [-0.25, -0.2) is 10.1 Å². The fourth-order valence-corrected chi connectivity index (χ4v) is 3.19. The van der Waals surface area contributed by atoms with Crippen molar-refractivity contribution in [2.45, 2.75) is 6.92 Å². The lowest BCUT2D eigenvalue weighted by Crippen LogP contribution is -2.22. The maximum absolute atomic E-state index is 13.0. The molecule has 4 rings (SSSR count). The first-order valence-corrected chi connectivity index (χ1v) is 8.58. The van der Waals surface area contributed by atoms with Gasteiger partial charge in [0.25, 0.3) is 10.4 Å². The molecule has 0 unspecified atom stereocenters. The van der Waals surface area contributed by atoms with Gasteiger partial charge in [0, 0.05) is 10.0 Å². The molecule has 0 saturated heterocycles. The average molecular weight is 415 g/mol. The molecular formula is C17H11BrN4O2S. The summed E-state index contributed by atoms with van der Waals surface area (Å²) in [5, 5.41) is 7.16. The standard InChI is InChI=1S/C17H11BrN4O2S/c1-9-19-14-6-5-11(18)8-13(14)16(23)22(9)12-4-2-3-10(7-12)15-20-21-17(25)24-15/h2-8H,1H3,(H,21,25). The van der Waals surface area contributed by atoms with E-state index in [0.29, 0.717) is 33.9 Å². The minimum atomic E-state index is -0.135. The molecule has 0 saturated carbocycles. The predicted octanol–water partition coefficient (Wildman–Crippen LogP) is 4.17. The summed E-state index contributed by atoms with van der Waals surface area (Å²) in [6.07, 6.45) is 0. The monoisotopic (exact) mass is 414 g/mol. The minimum Gasteiger partial charge on any atom is -0.409 e. The van der Waals surface area contributed by atoms with Crippen molar-refractivity contribution in [3.63, 3.8) is 0 Å². The Balaban J connectivity index is 1.96. The van der Waals surface area contributed by atoms with Crippen LogP contribution in [0.15, 0.2) is 56.1 Å². The van der Waals surface area contributed by atoms with Gasteiger partial charge in [-0.3, -0.25) is 9.36 Å². The second-order valence-corrected chi connectivity index (χ2v) is 6.72. The number of benzene rings is 2. The number of fused-ring (bicyclic) bond motifs is 1. The van der Waals surface area contributed by atoms with E-state index < -0.39 is 0 Å². The van der Waals surface area contributed by atoms with E-state index in [4.69, 9.17) is 16.6 Å². The van der Waals surface area contributed by atoms with Gasteiger partial charge in [-0.2, -0.15) is 0 Å². The fourth-order valence-electron chi connectivity index (χ4n) is 2.70. The van der Waals surface area contributed by atoms with Gasteiger partial charge in [-0.05, 0) is 55.5 Å². The molecule has 0 spiro atoms. The normalized spacial score (nSPS) is 11.1. The molecule has 6 nitrogen and oxygen atoms in total. The molecule has 0 aliphatic carbocycles. The van der Waals surface area contributed by atoms with Gasteiger partial charge in [0.15, 0.2) is 0 Å². The third-order valence-electron chi connectivity index (χ3n) is 3.79. The number of aromatic amines is 1. The molecule has 0 atom stereocenters. The topological polar surface area (TPSA) is 76.7 Å². The zero-order chi connectivity index (χ0) is 17.6. The van der Waals surface area contributed by atoms with Gasteiger partial charge >= 0.3 is 0 Å². The van der Waals surface area contributed by atoms with Crippen LogP contribution in [0.25, 0.3) is 28.0 Å². The third-order valence-corrected chi connectivity index (χ3v) is 4.46. The summed E-state index contributed by atoms with van der Waals surface area (Å²) >= 11 is 8.31. The lowest BCUT2D eigenvalue weighted by atomic mass is 10.2. The maximum Gasteiger partial charge on any atom is 0.284 e.